The molecule has 0 saturated carbocycles. The molecule has 70 valence electrons. The number of aliphatic hydroxyl groups excluding tert-OH is 1. The second-order valence-corrected chi connectivity index (χ2v) is 1.60. The molecular formula is C3H6N2O7. The van der Waals surface area contributed by atoms with Gasteiger partial charge in [0.1, 0.15) is 0 Å². The highest BCUT2D eigenvalue weighted by Crippen LogP contribution is 2.00. The first-order chi connectivity index (χ1) is 5.56. The van der Waals surface area contributed by atoms with Crippen LogP contribution >= 0.6 is 0 Å². The van der Waals surface area contributed by atoms with Crippen LogP contribution in [-0.4, -0.2) is 28.2 Å². The highest BCUT2D eigenvalue weighted by Gasteiger charge is 2.16. The molecule has 0 aromatic rings. The van der Waals surface area contributed by atoms with Gasteiger partial charge < -0.3 is 5.11 Å². The molecule has 0 radical (unpaired) electrons. The zero-order chi connectivity index (χ0) is 9.56. The Hall–Kier alpha value is -1.64. The molecule has 0 atom stereocenters. The Labute approximate surface area is 65.7 Å². The van der Waals surface area contributed by atoms with Gasteiger partial charge in [0.15, 0.2) is 0 Å². The summed E-state index contributed by atoms with van der Waals surface area (Å²) in [5.74, 6) is 0. The van der Waals surface area contributed by atoms with Crippen molar-refractivity contribution in [2.75, 3.05) is 6.61 Å². The second-order valence-electron chi connectivity index (χ2n) is 1.60. The van der Waals surface area contributed by atoms with Crippen LogP contribution in [0.1, 0.15) is 6.42 Å². The van der Waals surface area contributed by atoms with E-state index in [0.29, 0.717) is 0 Å². The molecule has 0 bridgehead atoms. The van der Waals surface area contributed by atoms with Crippen LogP contribution in [0.15, 0.2) is 0 Å². The van der Waals surface area contributed by atoms with Crippen LogP contribution in [0.4, 0.5) is 0 Å². The van der Waals surface area contributed by atoms with E-state index in [2.05, 4.69) is 9.68 Å². The van der Waals surface area contributed by atoms with E-state index in [9.17, 15) is 20.2 Å². The maximum atomic E-state index is 9.67. The predicted octanol–water partition coefficient (Wildman–Crippen LogP) is -0.888. The van der Waals surface area contributed by atoms with Gasteiger partial charge in [-0.05, 0) is 0 Å². The summed E-state index contributed by atoms with van der Waals surface area (Å²) in [6.45, 7) is -0.508. The van der Waals surface area contributed by atoms with Crippen LogP contribution in [0.3, 0.4) is 0 Å². The van der Waals surface area contributed by atoms with Gasteiger partial charge in [0.2, 0.25) is 0 Å². The number of rotatable bonds is 6. The third-order valence-electron chi connectivity index (χ3n) is 0.772. The summed E-state index contributed by atoms with van der Waals surface area (Å²) in [6.07, 6.45) is -2.01. The highest BCUT2D eigenvalue weighted by atomic mass is 17.0. The molecule has 0 aromatic heterocycles. The van der Waals surface area contributed by atoms with E-state index in [-0.39, 0.29) is 6.42 Å². The Morgan fingerprint density at radius 1 is 1.25 bits per heavy atom. The summed E-state index contributed by atoms with van der Waals surface area (Å²) < 4.78 is 0. The average Bonchev–Trinajstić information content (AvgIpc) is 1.84. The quantitative estimate of drug-likeness (QED) is 0.320. The van der Waals surface area contributed by atoms with Gasteiger partial charge >= 0.3 is 0 Å². The molecule has 0 aliphatic carbocycles. The monoisotopic (exact) mass is 182 g/mol. The first kappa shape index (κ1) is 10.4. The van der Waals surface area contributed by atoms with E-state index in [1.54, 1.807) is 0 Å². The van der Waals surface area contributed by atoms with Crippen LogP contribution in [0.5, 0.6) is 0 Å². The Balaban J connectivity index is 3.85. The van der Waals surface area contributed by atoms with Crippen molar-refractivity contribution in [3.8, 4) is 0 Å². The maximum Gasteiger partial charge on any atom is 0.296 e. The molecule has 1 N–H and O–H groups in total. The fourth-order valence-electron chi connectivity index (χ4n) is 0.422. The van der Waals surface area contributed by atoms with E-state index >= 15 is 0 Å². The first-order valence-corrected chi connectivity index (χ1v) is 2.79. The first-order valence-electron chi connectivity index (χ1n) is 2.79. The number of hydrogen-bond acceptors (Lipinski definition) is 7. The lowest BCUT2D eigenvalue weighted by Gasteiger charge is -2.09. The molecule has 0 aliphatic rings. The molecule has 0 aromatic carbocycles. The fourth-order valence-corrected chi connectivity index (χ4v) is 0.422. The molecule has 0 spiro atoms. The van der Waals surface area contributed by atoms with E-state index in [1.807, 2.05) is 0 Å². The zero-order valence-electron chi connectivity index (χ0n) is 5.78. The molecule has 0 fully saturated rings. The molecule has 0 rings (SSSR count). The van der Waals surface area contributed by atoms with Gasteiger partial charge in [-0.3, -0.25) is 9.68 Å². The standard InChI is InChI=1S/C3H6N2O7/c6-2-1-3(11-4(7)8)12-5(9)10/h3,6H,1-2H2. The van der Waals surface area contributed by atoms with Crippen LogP contribution in [0.2, 0.25) is 0 Å². The van der Waals surface area contributed by atoms with E-state index in [1.165, 1.54) is 0 Å². The summed E-state index contributed by atoms with van der Waals surface area (Å²) in [4.78, 5) is 26.7. The van der Waals surface area contributed by atoms with Gasteiger partial charge in [0.25, 0.3) is 16.5 Å². The Kier molecular flexibility index (Phi) is 4.38. The smallest absolute Gasteiger partial charge is 0.296 e. The van der Waals surface area contributed by atoms with Crippen molar-refractivity contribution in [1.82, 2.24) is 0 Å². The largest absolute Gasteiger partial charge is 0.396 e. The average molecular weight is 182 g/mol. The zero-order valence-corrected chi connectivity index (χ0v) is 5.78. The van der Waals surface area contributed by atoms with Crippen molar-refractivity contribution in [3.05, 3.63) is 20.2 Å². The molecule has 12 heavy (non-hydrogen) atoms. The molecular weight excluding hydrogens is 176 g/mol. The molecule has 9 nitrogen and oxygen atoms in total. The number of nitrogens with zero attached hydrogens (tertiary/aromatic N) is 2. The second kappa shape index (κ2) is 5.07. The molecule has 0 heterocycles. The predicted molar refractivity (Wildman–Crippen MR) is 31.6 cm³/mol. The molecule has 0 unspecified atom stereocenters. The van der Waals surface area contributed by atoms with Gasteiger partial charge in [-0.25, -0.2) is 0 Å². The van der Waals surface area contributed by atoms with Gasteiger partial charge in [-0.2, -0.15) is 0 Å². The minimum Gasteiger partial charge on any atom is -0.396 e. The number of aliphatic hydroxyl groups is 1. The Bertz CT molecular complexity index is 154. The molecule has 0 amide bonds. The van der Waals surface area contributed by atoms with Crippen molar-refractivity contribution in [2.24, 2.45) is 0 Å². The van der Waals surface area contributed by atoms with Crippen LogP contribution < -0.4 is 0 Å². The topological polar surface area (TPSA) is 125 Å². The van der Waals surface area contributed by atoms with Crippen molar-refractivity contribution in [3.63, 3.8) is 0 Å². The summed E-state index contributed by atoms with van der Waals surface area (Å²) in [5.41, 5.74) is 0. The highest BCUT2D eigenvalue weighted by molar-refractivity contribution is 4.35. The summed E-state index contributed by atoms with van der Waals surface area (Å²) in [6, 6.07) is 0. The SMILES string of the molecule is O=[N+]([O-])OC(CCO)O[N+](=O)[O-]. The Morgan fingerprint density at radius 3 is 1.92 bits per heavy atom. The van der Waals surface area contributed by atoms with Crippen LogP contribution in [0.25, 0.3) is 0 Å². The third kappa shape index (κ3) is 5.17. The van der Waals surface area contributed by atoms with Gasteiger partial charge in [0.05, 0.1) is 0 Å². The third-order valence-corrected chi connectivity index (χ3v) is 0.772. The van der Waals surface area contributed by atoms with Crippen molar-refractivity contribution >= 4 is 0 Å². The maximum absolute atomic E-state index is 9.67. The van der Waals surface area contributed by atoms with E-state index in [0.717, 1.165) is 0 Å². The number of hydrogen-bond donors (Lipinski definition) is 1. The van der Waals surface area contributed by atoms with Crippen LogP contribution in [-0.2, 0) is 9.68 Å². The van der Waals surface area contributed by atoms with Crippen molar-refractivity contribution < 1.29 is 25.0 Å². The summed E-state index contributed by atoms with van der Waals surface area (Å²) >= 11 is 0. The Morgan fingerprint density at radius 2 is 1.67 bits per heavy atom. The summed E-state index contributed by atoms with van der Waals surface area (Å²) in [7, 11) is 0. The fraction of sp³-hybridized carbons (Fsp3) is 1.00. The lowest BCUT2D eigenvalue weighted by molar-refractivity contribution is -0.851. The summed E-state index contributed by atoms with van der Waals surface area (Å²) in [5, 5.41) is 25.1. The lowest BCUT2D eigenvalue weighted by Crippen LogP contribution is -2.24. The van der Waals surface area contributed by atoms with Gasteiger partial charge in [0, 0.05) is 13.0 Å². The molecule has 0 saturated heterocycles. The van der Waals surface area contributed by atoms with Gasteiger partial charge in [-0.1, -0.05) is 0 Å². The lowest BCUT2D eigenvalue weighted by atomic mass is 10.4. The minimum atomic E-state index is -1.67. The van der Waals surface area contributed by atoms with Crippen LogP contribution in [0, 0.1) is 20.2 Å². The minimum absolute atomic E-state index is 0.345. The van der Waals surface area contributed by atoms with E-state index in [4.69, 9.17) is 5.11 Å². The molecule has 9 heteroatoms. The molecule has 0 aliphatic heterocycles. The van der Waals surface area contributed by atoms with Gasteiger partial charge in [-0.15, -0.1) is 20.2 Å². The normalized spacial score (nSPS) is 9.50. The van der Waals surface area contributed by atoms with Crippen molar-refractivity contribution in [1.29, 1.82) is 0 Å². The van der Waals surface area contributed by atoms with E-state index < -0.39 is 23.1 Å². The van der Waals surface area contributed by atoms with Crippen molar-refractivity contribution in [2.45, 2.75) is 12.7 Å².